The molecule has 2 atom stereocenters. The second kappa shape index (κ2) is 5.21. The zero-order valence-corrected chi connectivity index (χ0v) is 13.3. The van der Waals surface area contributed by atoms with Gasteiger partial charge in [-0.15, -0.1) is 0 Å². The lowest BCUT2D eigenvalue weighted by Crippen LogP contribution is -2.43. The molecule has 0 radical (unpaired) electrons. The van der Waals surface area contributed by atoms with E-state index in [2.05, 4.69) is 41.1 Å². The first-order valence-electron chi connectivity index (χ1n) is 7.84. The lowest BCUT2D eigenvalue weighted by Gasteiger charge is -2.32. The van der Waals surface area contributed by atoms with Crippen molar-refractivity contribution < 1.29 is 4.79 Å². The highest BCUT2D eigenvalue weighted by Gasteiger charge is 2.61. The van der Waals surface area contributed by atoms with Crippen molar-refractivity contribution in [2.75, 3.05) is 13.1 Å². The van der Waals surface area contributed by atoms with Crippen molar-refractivity contribution >= 4 is 17.2 Å². The Labute approximate surface area is 134 Å². The molecule has 4 heteroatoms. The number of thiophene rings is 1. The van der Waals surface area contributed by atoms with E-state index in [0.29, 0.717) is 12.5 Å². The molecule has 0 unspecified atom stereocenters. The van der Waals surface area contributed by atoms with Crippen LogP contribution in [0.2, 0.25) is 0 Å². The van der Waals surface area contributed by atoms with E-state index in [1.54, 1.807) is 11.3 Å². The Kier molecular flexibility index (Phi) is 3.31. The van der Waals surface area contributed by atoms with Crippen LogP contribution in [0, 0.1) is 5.92 Å². The summed E-state index contributed by atoms with van der Waals surface area (Å²) in [6, 6.07) is 10.5. The van der Waals surface area contributed by atoms with Gasteiger partial charge in [0.15, 0.2) is 0 Å². The molecule has 1 aliphatic carbocycles. The highest BCUT2D eigenvalue weighted by Crippen LogP contribution is 2.55. The molecule has 1 aliphatic heterocycles. The Hall–Kier alpha value is -1.65. The third-order valence-corrected chi connectivity index (χ3v) is 5.91. The van der Waals surface area contributed by atoms with Crippen LogP contribution >= 0.6 is 11.3 Å². The molecule has 2 N–H and O–H groups in total. The number of carbonyl (C=O) groups excluding carboxylic acids is 1. The number of fused-ring (bicyclic) bond motifs is 1. The summed E-state index contributed by atoms with van der Waals surface area (Å²) in [5.74, 6) is 0.572. The average Bonchev–Trinajstić information content (AvgIpc) is 3.06. The molecule has 2 aliphatic rings. The Morgan fingerprint density at radius 2 is 2.14 bits per heavy atom. The smallest absolute Gasteiger partial charge is 0.233 e. The van der Waals surface area contributed by atoms with E-state index in [4.69, 9.17) is 5.73 Å². The van der Waals surface area contributed by atoms with E-state index in [1.807, 2.05) is 4.90 Å². The quantitative estimate of drug-likeness (QED) is 0.947. The Bertz CT molecular complexity index is 697. The van der Waals surface area contributed by atoms with E-state index in [-0.39, 0.29) is 11.3 Å². The van der Waals surface area contributed by atoms with Gasteiger partial charge in [0.05, 0.1) is 5.41 Å². The van der Waals surface area contributed by atoms with Crippen molar-refractivity contribution in [3.05, 3.63) is 57.8 Å². The minimum Gasteiger partial charge on any atom is -0.337 e. The summed E-state index contributed by atoms with van der Waals surface area (Å²) in [6.45, 7) is 2.14. The molecule has 1 aromatic carbocycles. The fraction of sp³-hybridized carbons (Fsp3) is 0.389. The van der Waals surface area contributed by atoms with Crippen molar-refractivity contribution in [2.24, 2.45) is 11.7 Å². The van der Waals surface area contributed by atoms with E-state index in [0.717, 1.165) is 31.5 Å². The summed E-state index contributed by atoms with van der Waals surface area (Å²) in [5.41, 5.74) is 9.37. The lowest BCUT2D eigenvalue weighted by atomic mass is 9.91. The summed E-state index contributed by atoms with van der Waals surface area (Å²) in [4.78, 5) is 15.3. The largest absolute Gasteiger partial charge is 0.337 e. The maximum atomic E-state index is 13.2. The number of benzene rings is 1. The molecule has 2 heterocycles. The minimum absolute atomic E-state index is 0.274. The van der Waals surface area contributed by atoms with Crippen LogP contribution in [-0.4, -0.2) is 23.9 Å². The third-order valence-electron chi connectivity index (χ3n) is 5.23. The van der Waals surface area contributed by atoms with Gasteiger partial charge >= 0.3 is 0 Å². The van der Waals surface area contributed by atoms with Gasteiger partial charge in [0.2, 0.25) is 5.91 Å². The fourth-order valence-corrected chi connectivity index (χ4v) is 4.56. The number of hydrogen-bond acceptors (Lipinski definition) is 3. The molecule has 1 amide bonds. The third kappa shape index (κ3) is 2.02. The minimum atomic E-state index is -0.346. The first-order chi connectivity index (χ1) is 10.8. The van der Waals surface area contributed by atoms with Crippen LogP contribution in [-0.2, 0) is 23.2 Å². The topological polar surface area (TPSA) is 46.3 Å². The van der Waals surface area contributed by atoms with Gasteiger partial charge in [-0.3, -0.25) is 4.79 Å². The van der Waals surface area contributed by atoms with Crippen molar-refractivity contribution in [1.29, 1.82) is 0 Å². The van der Waals surface area contributed by atoms with Crippen LogP contribution in [0.15, 0.2) is 41.1 Å². The number of amides is 1. The van der Waals surface area contributed by atoms with Gasteiger partial charge in [0.25, 0.3) is 0 Å². The zero-order chi connectivity index (χ0) is 15.2. The van der Waals surface area contributed by atoms with E-state index in [1.165, 1.54) is 11.1 Å². The average molecular weight is 312 g/mol. The summed E-state index contributed by atoms with van der Waals surface area (Å²) in [7, 11) is 0. The molecule has 1 aromatic heterocycles. The molecule has 2 aromatic rings. The number of nitrogens with two attached hydrogens (primary N) is 1. The summed E-state index contributed by atoms with van der Waals surface area (Å²) in [6.07, 6.45) is 1.85. The van der Waals surface area contributed by atoms with Gasteiger partial charge in [0.1, 0.15) is 0 Å². The van der Waals surface area contributed by atoms with E-state index in [9.17, 15) is 4.79 Å². The molecule has 1 fully saturated rings. The fourth-order valence-electron chi connectivity index (χ4n) is 3.82. The van der Waals surface area contributed by atoms with Gasteiger partial charge in [-0.1, -0.05) is 24.3 Å². The van der Waals surface area contributed by atoms with Crippen molar-refractivity contribution in [3.8, 4) is 0 Å². The van der Waals surface area contributed by atoms with Crippen molar-refractivity contribution in [1.82, 2.24) is 4.90 Å². The number of carbonyl (C=O) groups is 1. The Morgan fingerprint density at radius 1 is 1.32 bits per heavy atom. The predicted molar refractivity (Wildman–Crippen MR) is 88.7 cm³/mol. The molecule has 4 rings (SSSR count). The maximum Gasteiger partial charge on any atom is 0.233 e. The molecule has 0 saturated heterocycles. The van der Waals surface area contributed by atoms with Gasteiger partial charge in [0, 0.05) is 13.1 Å². The van der Waals surface area contributed by atoms with Crippen LogP contribution in [0.4, 0.5) is 0 Å². The lowest BCUT2D eigenvalue weighted by molar-refractivity contribution is -0.135. The summed E-state index contributed by atoms with van der Waals surface area (Å²) >= 11 is 1.66. The molecular weight excluding hydrogens is 292 g/mol. The predicted octanol–water partition coefficient (Wildman–Crippen LogP) is 2.55. The number of nitrogens with zero attached hydrogens (tertiary/aromatic N) is 1. The molecule has 114 valence electrons. The van der Waals surface area contributed by atoms with Gasteiger partial charge in [-0.2, -0.15) is 11.3 Å². The zero-order valence-electron chi connectivity index (χ0n) is 12.5. The molecule has 22 heavy (non-hydrogen) atoms. The molecule has 0 bridgehead atoms. The second-order valence-corrected chi connectivity index (χ2v) is 7.15. The van der Waals surface area contributed by atoms with E-state index >= 15 is 0 Å². The normalized spacial score (nSPS) is 26.6. The van der Waals surface area contributed by atoms with Gasteiger partial charge in [-0.25, -0.2) is 0 Å². The van der Waals surface area contributed by atoms with Crippen LogP contribution in [0.5, 0.6) is 0 Å². The van der Waals surface area contributed by atoms with Crippen LogP contribution in [0.3, 0.4) is 0 Å². The van der Waals surface area contributed by atoms with Crippen molar-refractivity contribution in [3.63, 3.8) is 0 Å². The van der Waals surface area contributed by atoms with Gasteiger partial charge in [-0.05, 0) is 58.8 Å². The highest BCUT2D eigenvalue weighted by molar-refractivity contribution is 7.08. The summed E-state index contributed by atoms with van der Waals surface area (Å²) < 4.78 is 0. The molecule has 0 spiro atoms. The van der Waals surface area contributed by atoms with Gasteiger partial charge < -0.3 is 10.6 Å². The second-order valence-electron chi connectivity index (χ2n) is 6.37. The Morgan fingerprint density at radius 3 is 2.82 bits per heavy atom. The SMILES string of the molecule is NC[C@@H]1C[C@@]1(C(=O)N1CCc2ccccc2C1)c1ccsc1. The standard InChI is InChI=1S/C18H20N2OS/c19-10-16-9-18(16,15-6-8-22-12-15)17(21)20-7-5-13-3-1-2-4-14(13)11-20/h1-4,6,8,12,16H,5,7,9-11,19H2/t16-,18+/m0/s1. The Balaban J connectivity index is 1.62. The van der Waals surface area contributed by atoms with E-state index < -0.39 is 0 Å². The number of hydrogen-bond donors (Lipinski definition) is 1. The summed E-state index contributed by atoms with van der Waals surface area (Å²) in [5, 5.41) is 4.17. The van der Waals surface area contributed by atoms with Crippen LogP contribution in [0.1, 0.15) is 23.1 Å². The highest BCUT2D eigenvalue weighted by atomic mass is 32.1. The molecule has 1 saturated carbocycles. The number of rotatable bonds is 3. The molecule has 3 nitrogen and oxygen atoms in total. The first-order valence-corrected chi connectivity index (χ1v) is 8.79. The monoisotopic (exact) mass is 312 g/mol. The van der Waals surface area contributed by atoms with Crippen LogP contribution < -0.4 is 5.73 Å². The maximum absolute atomic E-state index is 13.2. The van der Waals surface area contributed by atoms with Crippen LogP contribution in [0.25, 0.3) is 0 Å². The molecular formula is C18H20N2OS. The first kappa shape index (κ1) is 14.0. The van der Waals surface area contributed by atoms with Crippen molar-refractivity contribution in [2.45, 2.75) is 24.8 Å².